The second-order valence-electron chi connectivity index (χ2n) is 7.53. The van der Waals surface area contributed by atoms with Crippen molar-refractivity contribution in [3.8, 4) is 0 Å². The van der Waals surface area contributed by atoms with Crippen LogP contribution >= 0.6 is 0 Å². The van der Waals surface area contributed by atoms with Gasteiger partial charge in [-0.05, 0) is 56.2 Å². The molecule has 4 heteroatoms. The molecule has 0 saturated carbocycles. The van der Waals surface area contributed by atoms with Crippen LogP contribution in [0.15, 0.2) is 72.8 Å². The van der Waals surface area contributed by atoms with Crippen LogP contribution in [0.5, 0.6) is 0 Å². The van der Waals surface area contributed by atoms with Crippen LogP contribution in [-0.2, 0) is 6.54 Å². The molecule has 3 aromatic carbocycles. The number of nitrogens with one attached hydrogen (secondary N) is 1. The van der Waals surface area contributed by atoms with E-state index >= 15 is 0 Å². The van der Waals surface area contributed by atoms with Gasteiger partial charge in [0.1, 0.15) is 5.82 Å². The van der Waals surface area contributed by atoms with Crippen molar-refractivity contribution in [3.63, 3.8) is 0 Å². The fourth-order valence-electron chi connectivity index (χ4n) is 3.60. The molecule has 0 spiro atoms. The first-order chi connectivity index (χ1) is 14.0. The van der Waals surface area contributed by atoms with Gasteiger partial charge in [0, 0.05) is 12.1 Å². The van der Waals surface area contributed by atoms with Gasteiger partial charge in [0.25, 0.3) is 5.91 Å². The predicted molar refractivity (Wildman–Crippen MR) is 117 cm³/mol. The van der Waals surface area contributed by atoms with Gasteiger partial charge in [-0.1, -0.05) is 54.1 Å². The Morgan fingerprint density at radius 2 is 1.66 bits per heavy atom. The van der Waals surface area contributed by atoms with Gasteiger partial charge in [0.05, 0.1) is 17.1 Å². The number of carbonyl (C=O) groups is 1. The lowest BCUT2D eigenvalue weighted by Crippen LogP contribution is -2.28. The molecule has 1 unspecified atom stereocenters. The van der Waals surface area contributed by atoms with Gasteiger partial charge in [-0.3, -0.25) is 4.79 Å². The lowest BCUT2D eigenvalue weighted by atomic mass is 10.1. The van der Waals surface area contributed by atoms with Crippen molar-refractivity contribution in [2.45, 2.75) is 33.4 Å². The molecule has 0 aliphatic rings. The first-order valence-electron chi connectivity index (χ1n) is 9.90. The number of fused-ring (bicyclic) bond motifs is 1. The molecule has 0 aliphatic heterocycles. The molecule has 0 bridgehead atoms. The van der Waals surface area contributed by atoms with E-state index < -0.39 is 0 Å². The number of hydrogen-bond donors (Lipinski definition) is 1. The number of aryl methyl sites for hydroxylation is 2. The summed E-state index contributed by atoms with van der Waals surface area (Å²) < 4.78 is 2.21. The summed E-state index contributed by atoms with van der Waals surface area (Å²) in [6, 6.07) is 23.9. The van der Waals surface area contributed by atoms with Crippen molar-refractivity contribution in [1.29, 1.82) is 0 Å². The summed E-state index contributed by atoms with van der Waals surface area (Å²) >= 11 is 0. The monoisotopic (exact) mass is 383 g/mol. The fraction of sp³-hybridized carbons (Fsp3) is 0.200. The second kappa shape index (κ2) is 7.92. The SMILES string of the molecule is Cc1ccc(C(=O)NC(C)c2nc3ccccc3n2Cc2ccccc2C)cc1. The summed E-state index contributed by atoms with van der Waals surface area (Å²) in [5.41, 5.74) is 6.29. The van der Waals surface area contributed by atoms with E-state index in [2.05, 4.69) is 47.1 Å². The first kappa shape index (κ1) is 18.9. The number of rotatable bonds is 5. The van der Waals surface area contributed by atoms with E-state index in [0.29, 0.717) is 12.1 Å². The Bertz CT molecular complexity index is 1160. The molecule has 0 aliphatic carbocycles. The summed E-state index contributed by atoms with van der Waals surface area (Å²) in [4.78, 5) is 17.6. The molecular formula is C25H25N3O. The fourth-order valence-corrected chi connectivity index (χ4v) is 3.60. The summed E-state index contributed by atoms with van der Waals surface area (Å²) in [6.45, 7) is 6.84. The molecule has 1 N–H and O–H groups in total. The Morgan fingerprint density at radius 3 is 2.41 bits per heavy atom. The summed E-state index contributed by atoms with van der Waals surface area (Å²) in [6.07, 6.45) is 0. The van der Waals surface area contributed by atoms with Gasteiger partial charge in [0.15, 0.2) is 0 Å². The molecule has 4 nitrogen and oxygen atoms in total. The molecule has 1 atom stereocenters. The molecule has 4 aromatic rings. The van der Waals surface area contributed by atoms with Gasteiger partial charge >= 0.3 is 0 Å². The largest absolute Gasteiger partial charge is 0.342 e. The van der Waals surface area contributed by atoms with Gasteiger partial charge < -0.3 is 9.88 Å². The Balaban J connectivity index is 1.68. The van der Waals surface area contributed by atoms with Crippen molar-refractivity contribution in [3.05, 3.63) is 101 Å². The minimum Gasteiger partial charge on any atom is -0.342 e. The van der Waals surface area contributed by atoms with Crippen LogP contribution < -0.4 is 5.32 Å². The van der Waals surface area contributed by atoms with E-state index in [9.17, 15) is 4.79 Å². The predicted octanol–water partition coefficient (Wildman–Crippen LogP) is 5.19. The van der Waals surface area contributed by atoms with Gasteiger partial charge in [-0.25, -0.2) is 4.98 Å². The minimum atomic E-state index is -0.222. The molecule has 0 fully saturated rings. The molecule has 4 rings (SSSR count). The van der Waals surface area contributed by atoms with Crippen molar-refractivity contribution < 1.29 is 4.79 Å². The molecule has 1 aromatic heterocycles. The molecular weight excluding hydrogens is 358 g/mol. The van der Waals surface area contributed by atoms with Crippen molar-refractivity contribution in [1.82, 2.24) is 14.9 Å². The molecule has 146 valence electrons. The number of nitrogens with zero attached hydrogens (tertiary/aromatic N) is 2. The quantitative estimate of drug-likeness (QED) is 0.515. The molecule has 0 saturated heterocycles. The zero-order valence-corrected chi connectivity index (χ0v) is 17.0. The molecule has 1 amide bonds. The van der Waals surface area contributed by atoms with E-state index in [0.717, 1.165) is 22.4 Å². The van der Waals surface area contributed by atoms with E-state index in [4.69, 9.17) is 4.98 Å². The van der Waals surface area contributed by atoms with Crippen LogP contribution in [0.25, 0.3) is 11.0 Å². The van der Waals surface area contributed by atoms with E-state index in [-0.39, 0.29) is 11.9 Å². The second-order valence-corrected chi connectivity index (χ2v) is 7.53. The summed E-state index contributed by atoms with van der Waals surface area (Å²) in [5.74, 6) is 0.766. The van der Waals surface area contributed by atoms with Gasteiger partial charge in [-0.15, -0.1) is 0 Å². The highest BCUT2D eigenvalue weighted by Crippen LogP contribution is 2.23. The summed E-state index contributed by atoms with van der Waals surface area (Å²) in [5, 5.41) is 3.11. The van der Waals surface area contributed by atoms with Gasteiger partial charge in [-0.2, -0.15) is 0 Å². The zero-order chi connectivity index (χ0) is 20.4. The maximum Gasteiger partial charge on any atom is 0.251 e. The van der Waals surface area contributed by atoms with E-state index in [1.165, 1.54) is 11.1 Å². The maximum atomic E-state index is 12.7. The third-order valence-corrected chi connectivity index (χ3v) is 5.32. The van der Waals surface area contributed by atoms with Crippen LogP contribution in [0, 0.1) is 13.8 Å². The topological polar surface area (TPSA) is 46.9 Å². The standard InChI is InChI=1S/C25H25N3O/c1-17-12-14-20(15-13-17)25(29)26-19(3)24-27-22-10-6-7-11-23(22)28(24)16-21-9-5-4-8-18(21)2/h4-15,19H,16H2,1-3H3,(H,26,29). The Hall–Kier alpha value is -3.40. The minimum absolute atomic E-state index is 0.0907. The number of hydrogen-bond acceptors (Lipinski definition) is 2. The Kier molecular flexibility index (Phi) is 5.17. The highest BCUT2D eigenvalue weighted by atomic mass is 16.1. The molecule has 29 heavy (non-hydrogen) atoms. The first-order valence-corrected chi connectivity index (χ1v) is 9.90. The summed E-state index contributed by atoms with van der Waals surface area (Å²) in [7, 11) is 0. The molecule has 1 heterocycles. The molecule has 0 radical (unpaired) electrons. The van der Waals surface area contributed by atoms with Crippen molar-refractivity contribution >= 4 is 16.9 Å². The van der Waals surface area contributed by atoms with Crippen LogP contribution in [0.1, 0.15) is 45.8 Å². The normalized spacial score (nSPS) is 12.1. The van der Waals surface area contributed by atoms with Crippen molar-refractivity contribution in [2.75, 3.05) is 0 Å². The highest BCUT2D eigenvalue weighted by Gasteiger charge is 2.19. The number of aromatic nitrogens is 2. The number of para-hydroxylation sites is 2. The smallest absolute Gasteiger partial charge is 0.251 e. The van der Waals surface area contributed by atoms with Crippen LogP contribution in [-0.4, -0.2) is 15.5 Å². The average Bonchev–Trinajstić information content (AvgIpc) is 3.09. The maximum absolute atomic E-state index is 12.7. The van der Waals surface area contributed by atoms with Gasteiger partial charge in [0.2, 0.25) is 0 Å². The van der Waals surface area contributed by atoms with Crippen LogP contribution in [0.3, 0.4) is 0 Å². The van der Waals surface area contributed by atoms with E-state index in [1.54, 1.807) is 0 Å². The van der Waals surface area contributed by atoms with Crippen molar-refractivity contribution in [2.24, 2.45) is 0 Å². The average molecular weight is 383 g/mol. The van der Waals surface area contributed by atoms with Crippen LogP contribution in [0.4, 0.5) is 0 Å². The Labute approximate surface area is 171 Å². The zero-order valence-electron chi connectivity index (χ0n) is 17.0. The number of amides is 1. The lowest BCUT2D eigenvalue weighted by molar-refractivity contribution is 0.0938. The third-order valence-electron chi connectivity index (χ3n) is 5.32. The number of carbonyl (C=O) groups excluding carboxylic acids is 1. The van der Waals surface area contributed by atoms with Crippen LogP contribution in [0.2, 0.25) is 0 Å². The highest BCUT2D eigenvalue weighted by molar-refractivity contribution is 5.94. The third kappa shape index (κ3) is 3.92. The number of benzene rings is 3. The Morgan fingerprint density at radius 1 is 0.966 bits per heavy atom. The lowest BCUT2D eigenvalue weighted by Gasteiger charge is -2.17. The number of imidazole rings is 1. The van der Waals surface area contributed by atoms with E-state index in [1.807, 2.05) is 56.3 Å².